The first kappa shape index (κ1) is 18.1. The van der Waals surface area contributed by atoms with Crippen LogP contribution >= 0.6 is 0 Å². The molecule has 9 nitrogen and oxygen atoms in total. The molecule has 1 aromatic carbocycles. The van der Waals surface area contributed by atoms with Crippen LogP contribution in [0.5, 0.6) is 5.75 Å². The van der Waals surface area contributed by atoms with Gasteiger partial charge in [-0.15, -0.1) is 0 Å². The predicted molar refractivity (Wildman–Crippen MR) is 95.8 cm³/mol. The molecule has 146 valence electrons. The van der Waals surface area contributed by atoms with Crippen LogP contribution in [-0.2, 0) is 20.8 Å². The summed E-state index contributed by atoms with van der Waals surface area (Å²) in [6.45, 7) is 0. The van der Waals surface area contributed by atoms with Gasteiger partial charge >= 0.3 is 0 Å². The van der Waals surface area contributed by atoms with E-state index in [0.717, 1.165) is 0 Å². The number of aliphatic hydroxyl groups excluding tert-OH is 2. The van der Waals surface area contributed by atoms with E-state index in [1.807, 2.05) is 0 Å². The van der Waals surface area contributed by atoms with Crippen LogP contribution in [0.25, 0.3) is 5.76 Å². The maximum Gasteiger partial charge on any atom is 0.255 e. The van der Waals surface area contributed by atoms with Gasteiger partial charge < -0.3 is 31.9 Å². The van der Waals surface area contributed by atoms with E-state index in [2.05, 4.69) is 0 Å². The maximum atomic E-state index is 13.2. The molecule has 0 radical (unpaired) electrons. The normalized spacial score (nSPS) is 29.3. The molecule has 0 bridgehead atoms. The Hall–Kier alpha value is -3.33. The summed E-state index contributed by atoms with van der Waals surface area (Å²) in [6.07, 6.45) is -0.0653. The third kappa shape index (κ3) is 2.07. The Kier molecular flexibility index (Phi) is 3.60. The number of nitrogens with two attached hydrogens (primary N) is 2. The second kappa shape index (κ2) is 5.59. The Morgan fingerprint density at radius 2 is 1.82 bits per heavy atom. The van der Waals surface area contributed by atoms with Crippen molar-refractivity contribution >= 4 is 28.9 Å². The molecule has 0 aromatic heterocycles. The standard InChI is InChI=1S/C19H18N2O7/c20-9-1-2-10(22)13-8(9)4-6-3-7-5-11(23)14(18(21)27)17(26)19(7,28)16(25)12(6)15(13)24/h1-2,6-7,22,24,26,28H,3-5,20H2,(H2,21,27)/t6?,7-,19-/m0/s1. The zero-order chi connectivity index (χ0) is 20.5. The molecule has 9 heteroatoms. The van der Waals surface area contributed by atoms with Crippen molar-refractivity contribution in [3.05, 3.63) is 40.2 Å². The number of aliphatic hydroxyl groups is 3. The van der Waals surface area contributed by atoms with Gasteiger partial charge in [0.2, 0.25) is 5.78 Å². The van der Waals surface area contributed by atoms with Crippen LogP contribution in [0.15, 0.2) is 29.0 Å². The summed E-state index contributed by atoms with van der Waals surface area (Å²) in [5.74, 6) is -6.51. The molecule has 8 N–H and O–H groups in total. The summed E-state index contributed by atoms with van der Waals surface area (Å²) in [5.41, 5.74) is 8.31. The number of rotatable bonds is 1. The van der Waals surface area contributed by atoms with E-state index in [4.69, 9.17) is 11.5 Å². The van der Waals surface area contributed by atoms with Crippen molar-refractivity contribution < 1.29 is 34.8 Å². The molecular formula is C19H18N2O7. The average molecular weight is 386 g/mol. The lowest BCUT2D eigenvalue weighted by Crippen LogP contribution is -2.58. The molecule has 28 heavy (non-hydrogen) atoms. The van der Waals surface area contributed by atoms with E-state index in [1.165, 1.54) is 12.1 Å². The average Bonchev–Trinajstić information content (AvgIpc) is 2.61. The summed E-state index contributed by atoms with van der Waals surface area (Å²) in [4.78, 5) is 36.9. The van der Waals surface area contributed by atoms with Crippen LogP contribution in [0.4, 0.5) is 5.69 Å². The van der Waals surface area contributed by atoms with Gasteiger partial charge in [-0.3, -0.25) is 14.4 Å². The van der Waals surface area contributed by atoms with Crippen molar-refractivity contribution in [3.8, 4) is 5.75 Å². The lowest BCUT2D eigenvalue weighted by atomic mass is 9.59. The highest BCUT2D eigenvalue weighted by atomic mass is 16.3. The molecule has 1 saturated carbocycles. The Labute approximate surface area is 158 Å². The molecule has 4 rings (SSSR count). The number of carbonyl (C=O) groups excluding carboxylic acids is 3. The quantitative estimate of drug-likeness (QED) is 0.221. The smallest absolute Gasteiger partial charge is 0.255 e. The lowest BCUT2D eigenvalue weighted by Gasteiger charge is -2.46. The van der Waals surface area contributed by atoms with Gasteiger partial charge in [-0.2, -0.15) is 0 Å². The molecule has 0 saturated heterocycles. The van der Waals surface area contributed by atoms with Crippen LogP contribution in [-0.4, -0.2) is 43.5 Å². The molecule has 0 aliphatic heterocycles. The first-order valence-corrected chi connectivity index (χ1v) is 8.66. The van der Waals surface area contributed by atoms with Crippen LogP contribution in [0, 0.1) is 11.8 Å². The second-order valence-electron chi connectivity index (χ2n) is 7.43. The minimum absolute atomic E-state index is 0.00729. The minimum atomic E-state index is -2.55. The number of nitrogen functional groups attached to an aromatic ring is 1. The zero-order valence-corrected chi connectivity index (χ0v) is 14.6. The van der Waals surface area contributed by atoms with Gasteiger partial charge in [-0.1, -0.05) is 0 Å². The van der Waals surface area contributed by atoms with Crippen LogP contribution in [0.1, 0.15) is 24.0 Å². The molecule has 3 aliphatic rings. The van der Waals surface area contributed by atoms with Crippen molar-refractivity contribution in [1.82, 2.24) is 0 Å². The van der Waals surface area contributed by atoms with Crippen molar-refractivity contribution in [2.45, 2.75) is 24.9 Å². The molecule has 0 heterocycles. The third-order valence-corrected chi connectivity index (χ3v) is 5.98. The molecule has 1 aromatic rings. The van der Waals surface area contributed by atoms with Crippen LogP contribution in [0.3, 0.4) is 0 Å². The van der Waals surface area contributed by atoms with Crippen molar-refractivity contribution in [2.75, 3.05) is 5.73 Å². The number of primary amides is 1. The van der Waals surface area contributed by atoms with E-state index in [0.29, 0.717) is 11.3 Å². The van der Waals surface area contributed by atoms with E-state index in [1.54, 1.807) is 0 Å². The number of anilines is 1. The van der Waals surface area contributed by atoms with Crippen molar-refractivity contribution in [2.24, 2.45) is 17.6 Å². The van der Waals surface area contributed by atoms with Crippen LogP contribution < -0.4 is 11.5 Å². The van der Waals surface area contributed by atoms with Gasteiger partial charge in [0, 0.05) is 23.6 Å². The number of phenolic OH excluding ortho intramolecular Hbond substituents is 1. The van der Waals surface area contributed by atoms with E-state index in [9.17, 15) is 34.8 Å². The highest BCUT2D eigenvalue weighted by molar-refractivity contribution is 6.22. The lowest BCUT2D eigenvalue weighted by molar-refractivity contribution is -0.147. The summed E-state index contributed by atoms with van der Waals surface area (Å²) < 4.78 is 0. The van der Waals surface area contributed by atoms with Gasteiger partial charge in [0.25, 0.3) is 5.91 Å². The largest absolute Gasteiger partial charge is 0.508 e. The number of amides is 1. The monoisotopic (exact) mass is 386 g/mol. The number of benzene rings is 1. The number of hydrogen-bond acceptors (Lipinski definition) is 8. The Morgan fingerprint density at radius 1 is 1.14 bits per heavy atom. The molecule has 0 spiro atoms. The third-order valence-electron chi connectivity index (χ3n) is 5.98. The van der Waals surface area contributed by atoms with Crippen molar-refractivity contribution in [3.63, 3.8) is 0 Å². The number of ketones is 2. The Bertz CT molecular complexity index is 1040. The van der Waals surface area contributed by atoms with Crippen LogP contribution in [0.2, 0.25) is 0 Å². The Morgan fingerprint density at radius 3 is 2.46 bits per heavy atom. The first-order valence-electron chi connectivity index (χ1n) is 8.66. The highest BCUT2D eigenvalue weighted by Crippen LogP contribution is 2.52. The number of hydrogen-bond donors (Lipinski definition) is 6. The Balaban J connectivity index is 1.95. The minimum Gasteiger partial charge on any atom is -0.508 e. The molecule has 3 atom stereocenters. The topological polar surface area (TPSA) is 184 Å². The predicted octanol–water partition coefficient (Wildman–Crippen LogP) is 0.00610. The summed E-state index contributed by atoms with van der Waals surface area (Å²) in [7, 11) is 0. The molecule has 1 amide bonds. The fourth-order valence-corrected chi connectivity index (χ4v) is 4.65. The first-order chi connectivity index (χ1) is 13.1. The number of phenols is 1. The number of fused-ring (bicyclic) bond motifs is 3. The van der Waals surface area contributed by atoms with E-state index >= 15 is 0 Å². The van der Waals surface area contributed by atoms with Crippen molar-refractivity contribution in [1.29, 1.82) is 0 Å². The molecular weight excluding hydrogens is 368 g/mol. The zero-order valence-electron chi connectivity index (χ0n) is 14.6. The fraction of sp³-hybridized carbons (Fsp3) is 0.316. The summed E-state index contributed by atoms with van der Waals surface area (Å²) in [5, 5.41) is 42.3. The SMILES string of the molecule is NC(=O)C1=C(O)[C@@]2(O)C(=O)C3=C(O)c4c(O)ccc(N)c4CC3C[C@H]2CC1=O. The van der Waals surface area contributed by atoms with Gasteiger partial charge in [-0.05, 0) is 36.5 Å². The molecule has 1 fully saturated rings. The summed E-state index contributed by atoms with van der Waals surface area (Å²) in [6, 6.07) is 2.75. The molecule has 1 unspecified atom stereocenters. The number of aromatic hydroxyl groups is 1. The summed E-state index contributed by atoms with van der Waals surface area (Å²) >= 11 is 0. The van der Waals surface area contributed by atoms with Gasteiger partial charge in [-0.25, -0.2) is 0 Å². The molecule has 3 aliphatic carbocycles. The number of Topliss-reactive ketones (excluding diaryl/α,β-unsaturated/α-hetero) is 2. The highest BCUT2D eigenvalue weighted by Gasteiger charge is 2.60. The van der Waals surface area contributed by atoms with Gasteiger partial charge in [0.15, 0.2) is 11.4 Å². The maximum absolute atomic E-state index is 13.2. The van der Waals surface area contributed by atoms with E-state index < -0.39 is 52.0 Å². The van der Waals surface area contributed by atoms with Gasteiger partial charge in [0.05, 0.1) is 5.56 Å². The van der Waals surface area contributed by atoms with E-state index in [-0.39, 0.29) is 36.1 Å². The van der Waals surface area contributed by atoms with Gasteiger partial charge in [0.1, 0.15) is 22.8 Å². The second-order valence-corrected chi connectivity index (χ2v) is 7.43. The number of carbonyl (C=O) groups is 3. The fourth-order valence-electron chi connectivity index (χ4n) is 4.65.